The molecule has 1 amide bonds. The SMILES string of the molecule is O=C(Cn1cc(C=Nc2ccc(C34CC5CC(CC(C5)C3)C4)cc2)c2ccccc21)N1CCOCC1. The van der Waals surface area contributed by atoms with Crippen LogP contribution in [0.15, 0.2) is 59.7 Å². The molecule has 5 heteroatoms. The third-order valence-electron chi connectivity index (χ3n) is 9.36. The molecular formula is C31H35N3O2. The minimum atomic E-state index is 0.141. The second-order valence-electron chi connectivity index (χ2n) is 11.7. The predicted molar refractivity (Wildman–Crippen MR) is 143 cm³/mol. The zero-order valence-corrected chi connectivity index (χ0v) is 20.9. The van der Waals surface area contributed by atoms with Crippen LogP contribution in [0.5, 0.6) is 0 Å². The van der Waals surface area contributed by atoms with Gasteiger partial charge in [0.15, 0.2) is 0 Å². The van der Waals surface area contributed by atoms with E-state index >= 15 is 0 Å². The van der Waals surface area contributed by atoms with E-state index in [9.17, 15) is 4.79 Å². The Labute approximate surface area is 213 Å². The number of morpholine rings is 1. The Morgan fingerprint density at radius 2 is 1.61 bits per heavy atom. The summed E-state index contributed by atoms with van der Waals surface area (Å²) >= 11 is 0. The van der Waals surface area contributed by atoms with Gasteiger partial charge in [-0.2, -0.15) is 0 Å². The van der Waals surface area contributed by atoms with Crippen LogP contribution in [0.4, 0.5) is 5.69 Å². The highest BCUT2D eigenvalue weighted by Crippen LogP contribution is 2.60. The molecule has 5 aliphatic rings. The van der Waals surface area contributed by atoms with Gasteiger partial charge in [-0.05, 0) is 85.5 Å². The van der Waals surface area contributed by atoms with E-state index in [0.29, 0.717) is 38.3 Å². The standard InChI is InChI=1S/C31H35N3O2/c35-30(33-9-11-36-12-10-33)21-34-20-25(28-3-1-2-4-29(28)34)19-32-27-7-5-26(6-8-27)31-16-22-13-23(17-31)15-24(14-22)18-31/h1-8,19-20,22-24H,9-18,21H2. The number of carbonyl (C=O) groups excluding carboxylic acids is 1. The number of amides is 1. The molecule has 2 heterocycles. The van der Waals surface area contributed by atoms with Crippen LogP contribution < -0.4 is 0 Å². The van der Waals surface area contributed by atoms with Crippen molar-refractivity contribution in [2.24, 2.45) is 22.7 Å². The van der Waals surface area contributed by atoms with Crippen molar-refractivity contribution in [3.05, 3.63) is 65.9 Å². The van der Waals surface area contributed by atoms with E-state index in [1.165, 1.54) is 38.5 Å². The fraction of sp³-hybridized carbons (Fsp3) is 0.484. The molecule has 186 valence electrons. The van der Waals surface area contributed by atoms with E-state index in [4.69, 9.17) is 9.73 Å². The number of aromatic nitrogens is 1. The average Bonchev–Trinajstić information content (AvgIpc) is 3.25. The number of carbonyl (C=O) groups is 1. The van der Waals surface area contributed by atoms with Gasteiger partial charge in [-0.1, -0.05) is 30.3 Å². The average molecular weight is 482 g/mol. The van der Waals surface area contributed by atoms with Crippen molar-refractivity contribution in [3.63, 3.8) is 0 Å². The maximum absolute atomic E-state index is 12.9. The molecule has 0 atom stereocenters. The Morgan fingerprint density at radius 3 is 2.31 bits per heavy atom. The summed E-state index contributed by atoms with van der Waals surface area (Å²) < 4.78 is 7.46. The fourth-order valence-corrected chi connectivity index (χ4v) is 8.08. The third kappa shape index (κ3) is 3.98. The molecule has 1 saturated heterocycles. The van der Waals surface area contributed by atoms with Gasteiger partial charge in [0.1, 0.15) is 6.54 Å². The number of ether oxygens (including phenoxy) is 1. The minimum Gasteiger partial charge on any atom is -0.378 e. The maximum atomic E-state index is 12.9. The number of hydrogen-bond donors (Lipinski definition) is 0. The largest absolute Gasteiger partial charge is 0.378 e. The van der Waals surface area contributed by atoms with Crippen molar-refractivity contribution in [1.29, 1.82) is 0 Å². The van der Waals surface area contributed by atoms with Crippen LogP contribution in [0.25, 0.3) is 10.9 Å². The lowest BCUT2D eigenvalue weighted by atomic mass is 9.48. The van der Waals surface area contributed by atoms with E-state index in [1.807, 2.05) is 23.2 Å². The van der Waals surface area contributed by atoms with Crippen LogP contribution in [0.2, 0.25) is 0 Å². The summed E-state index contributed by atoms with van der Waals surface area (Å²) in [5.41, 5.74) is 5.07. The Bertz CT molecular complexity index is 1260. The number of hydrogen-bond acceptors (Lipinski definition) is 3. The van der Waals surface area contributed by atoms with Gasteiger partial charge in [0.05, 0.1) is 18.9 Å². The van der Waals surface area contributed by atoms with Crippen molar-refractivity contribution in [3.8, 4) is 0 Å². The van der Waals surface area contributed by atoms with Crippen molar-refractivity contribution in [2.45, 2.75) is 50.5 Å². The normalized spacial score (nSPS) is 29.4. The van der Waals surface area contributed by atoms with Crippen LogP contribution in [-0.4, -0.2) is 47.9 Å². The monoisotopic (exact) mass is 481 g/mol. The molecule has 2 aromatic carbocycles. The lowest BCUT2D eigenvalue weighted by Gasteiger charge is -2.57. The van der Waals surface area contributed by atoms with Gasteiger partial charge in [-0.25, -0.2) is 0 Å². The van der Waals surface area contributed by atoms with Crippen LogP contribution in [0.3, 0.4) is 0 Å². The first-order valence-corrected chi connectivity index (χ1v) is 13.7. The Morgan fingerprint density at radius 1 is 0.944 bits per heavy atom. The first-order chi connectivity index (χ1) is 17.6. The zero-order chi connectivity index (χ0) is 24.1. The number of fused-ring (bicyclic) bond motifs is 1. The summed E-state index contributed by atoms with van der Waals surface area (Å²) in [5, 5.41) is 1.13. The van der Waals surface area contributed by atoms with Crippen LogP contribution in [0, 0.1) is 17.8 Å². The van der Waals surface area contributed by atoms with E-state index < -0.39 is 0 Å². The number of aliphatic imine (C=N–C) groups is 1. The molecule has 0 N–H and O–H groups in total. The first kappa shape index (κ1) is 22.3. The molecule has 5 fully saturated rings. The topological polar surface area (TPSA) is 46.8 Å². The summed E-state index contributed by atoms with van der Waals surface area (Å²) in [5.74, 6) is 3.02. The Hall–Kier alpha value is -2.92. The van der Waals surface area contributed by atoms with E-state index in [1.54, 1.807) is 5.56 Å². The predicted octanol–water partition coefficient (Wildman–Crippen LogP) is 5.72. The summed E-state index contributed by atoms with van der Waals surface area (Å²) in [6.45, 7) is 2.93. The van der Waals surface area contributed by atoms with Crippen molar-refractivity contribution < 1.29 is 9.53 Å². The first-order valence-electron chi connectivity index (χ1n) is 13.7. The van der Waals surface area contributed by atoms with Crippen LogP contribution >= 0.6 is 0 Å². The molecule has 1 aromatic heterocycles. The number of nitrogens with zero attached hydrogens (tertiary/aromatic N) is 3. The van der Waals surface area contributed by atoms with E-state index in [-0.39, 0.29) is 5.91 Å². The molecule has 4 bridgehead atoms. The number of benzene rings is 2. The molecule has 0 radical (unpaired) electrons. The highest BCUT2D eigenvalue weighted by molar-refractivity contribution is 6.00. The lowest BCUT2D eigenvalue weighted by Crippen LogP contribution is -2.48. The van der Waals surface area contributed by atoms with Crippen molar-refractivity contribution >= 4 is 28.7 Å². The molecule has 3 aromatic rings. The zero-order valence-electron chi connectivity index (χ0n) is 20.9. The number of rotatable bonds is 5. The summed E-state index contributed by atoms with van der Waals surface area (Å²) in [6, 6.07) is 17.4. The van der Waals surface area contributed by atoms with Gasteiger partial charge in [0.25, 0.3) is 0 Å². The fourth-order valence-electron chi connectivity index (χ4n) is 8.08. The van der Waals surface area contributed by atoms with Crippen molar-refractivity contribution in [2.75, 3.05) is 26.3 Å². The van der Waals surface area contributed by atoms with Gasteiger partial charge in [0.2, 0.25) is 5.91 Å². The highest BCUT2D eigenvalue weighted by Gasteiger charge is 2.51. The lowest BCUT2D eigenvalue weighted by molar-refractivity contribution is -0.135. The second-order valence-corrected chi connectivity index (χ2v) is 11.7. The molecule has 8 rings (SSSR count). The van der Waals surface area contributed by atoms with Gasteiger partial charge in [-0.3, -0.25) is 9.79 Å². The summed E-state index contributed by atoms with van der Waals surface area (Å²) in [4.78, 5) is 19.6. The Balaban J connectivity index is 1.11. The van der Waals surface area contributed by atoms with Gasteiger partial charge in [-0.15, -0.1) is 0 Å². The summed E-state index contributed by atoms with van der Waals surface area (Å²) in [6.07, 6.45) is 12.6. The van der Waals surface area contributed by atoms with Gasteiger partial charge >= 0.3 is 0 Å². The maximum Gasteiger partial charge on any atom is 0.242 e. The molecule has 4 saturated carbocycles. The molecule has 0 spiro atoms. The second kappa shape index (κ2) is 8.88. The smallest absolute Gasteiger partial charge is 0.242 e. The molecule has 4 aliphatic carbocycles. The molecule has 0 unspecified atom stereocenters. The Kier molecular flexibility index (Phi) is 5.50. The molecular weight excluding hydrogens is 446 g/mol. The van der Waals surface area contributed by atoms with E-state index in [2.05, 4.69) is 47.2 Å². The highest BCUT2D eigenvalue weighted by atomic mass is 16.5. The number of para-hydroxylation sites is 1. The van der Waals surface area contributed by atoms with Crippen molar-refractivity contribution in [1.82, 2.24) is 9.47 Å². The van der Waals surface area contributed by atoms with Crippen LogP contribution in [0.1, 0.15) is 49.7 Å². The minimum absolute atomic E-state index is 0.141. The molecule has 36 heavy (non-hydrogen) atoms. The van der Waals surface area contributed by atoms with E-state index in [0.717, 1.165) is 39.9 Å². The molecule has 1 aliphatic heterocycles. The van der Waals surface area contributed by atoms with Crippen LogP contribution in [-0.2, 0) is 21.5 Å². The van der Waals surface area contributed by atoms with Gasteiger partial charge < -0.3 is 14.2 Å². The molecule has 5 nitrogen and oxygen atoms in total. The van der Waals surface area contributed by atoms with Gasteiger partial charge in [0, 0.05) is 42.0 Å². The quantitative estimate of drug-likeness (QED) is 0.438. The third-order valence-corrected chi connectivity index (χ3v) is 9.36. The summed E-state index contributed by atoms with van der Waals surface area (Å²) in [7, 11) is 0.